The quantitative estimate of drug-likeness (QED) is 0.600. The predicted octanol–water partition coefficient (Wildman–Crippen LogP) is 2.95. The van der Waals surface area contributed by atoms with Crippen LogP contribution in [0.4, 0.5) is 5.69 Å². The summed E-state index contributed by atoms with van der Waals surface area (Å²) in [6.45, 7) is 9.02. The summed E-state index contributed by atoms with van der Waals surface area (Å²) in [6, 6.07) is 8.79. The largest absolute Gasteiger partial charge is 0.339 e. The number of amides is 2. The van der Waals surface area contributed by atoms with Crippen molar-refractivity contribution in [3.63, 3.8) is 0 Å². The molecule has 0 unspecified atom stereocenters. The molecule has 9 heteroatoms. The number of carbonyl (C=O) groups excluding carboxylic acids is 2. The molecule has 3 aromatic rings. The number of benzene rings is 1. The maximum atomic E-state index is 12.3. The Morgan fingerprint density at radius 3 is 2.45 bits per heavy atom. The number of nitrogens with zero attached hydrogens (tertiary/aromatic N) is 5. The van der Waals surface area contributed by atoms with Gasteiger partial charge in [-0.1, -0.05) is 11.8 Å². The molecule has 1 N–H and O–H groups in total. The zero-order valence-corrected chi connectivity index (χ0v) is 17.8. The minimum Gasteiger partial charge on any atom is -0.339 e. The Kier molecular flexibility index (Phi) is 6.48. The minimum atomic E-state index is -0.160. The topological polar surface area (TPSA) is 92.5 Å². The molecule has 0 fully saturated rings. The molecule has 3 rings (SSSR count). The van der Waals surface area contributed by atoms with Crippen LogP contribution in [-0.2, 0) is 4.79 Å². The second-order valence-corrected chi connectivity index (χ2v) is 7.46. The lowest BCUT2D eigenvalue weighted by molar-refractivity contribution is -0.113. The molecule has 1 aromatic carbocycles. The van der Waals surface area contributed by atoms with E-state index in [0.717, 1.165) is 11.5 Å². The van der Waals surface area contributed by atoms with Gasteiger partial charge in [-0.2, -0.15) is 0 Å². The number of hydrogen-bond acceptors (Lipinski definition) is 6. The molecule has 0 saturated carbocycles. The number of aryl methyl sites for hydroxylation is 2. The van der Waals surface area contributed by atoms with Crippen LogP contribution in [0.5, 0.6) is 0 Å². The van der Waals surface area contributed by atoms with Gasteiger partial charge in [0.2, 0.25) is 5.91 Å². The molecule has 8 nitrogen and oxygen atoms in total. The van der Waals surface area contributed by atoms with Gasteiger partial charge in [-0.15, -0.1) is 10.2 Å². The lowest BCUT2D eigenvalue weighted by atomic mass is 10.2. The van der Waals surface area contributed by atoms with Crippen molar-refractivity contribution in [1.82, 2.24) is 24.5 Å². The normalized spacial score (nSPS) is 10.9. The summed E-state index contributed by atoms with van der Waals surface area (Å²) in [6.07, 6.45) is 0. The Hall–Kier alpha value is -2.94. The van der Waals surface area contributed by atoms with E-state index >= 15 is 0 Å². The highest BCUT2D eigenvalue weighted by atomic mass is 32.2. The number of fused-ring (bicyclic) bond motifs is 1. The number of hydrogen-bond donors (Lipinski definition) is 1. The summed E-state index contributed by atoms with van der Waals surface area (Å²) < 4.78 is 1.83. The van der Waals surface area contributed by atoms with Crippen LogP contribution in [0.2, 0.25) is 0 Å². The van der Waals surface area contributed by atoms with Crippen LogP contribution in [0.15, 0.2) is 35.5 Å². The van der Waals surface area contributed by atoms with Crippen molar-refractivity contribution in [1.29, 1.82) is 0 Å². The highest BCUT2D eigenvalue weighted by Gasteiger charge is 2.14. The fourth-order valence-electron chi connectivity index (χ4n) is 3.01. The fraction of sp³-hybridized carbons (Fsp3) is 0.350. The monoisotopic (exact) mass is 412 g/mol. The van der Waals surface area contributed by atoms with E-state index in [1.165, 1.54) is 11.8 Å². The third kappa shape index (κ3) is 4.73. The van der Waals surface area contributed by atoms with E-state index in [1.54, 1.807) is 29.2 Å². The summed E-state index contributed by atoms with van der Waals surface area (Å²) in [4.78, 5) is 30.8. The Labute approximate surface area is 173 Å². The van der Waals surface area contributed by atoms with E-state index < -0.39 is 0 Å². The predicted molar refractivity (Wildman–Crippen MR) is 113 cm³/mol. The van der Waals surface area contributed by atoms with Crippen LogP contribution in [-0.4, -0.2) is 55.1 Å². The molecular formula is C20H24N6O2S. The first-order chi connectivity index (χ1) is 13.9. The molecule has 0 atom stereocenters. The number of rotatable bonds is 7. The zero-order valence-electron chi connectivity index (χ0n) is 17.0. The Morgan fingerprint density at radius 2 is 1.79 bits per heavy atom. The maximum Gasteiger partial charge on any atom is 0.253 e. The van der Waals surface area contributed by atoms with Crippen molar-refractivity contribution < 1.29 is 9.59 Å². The number of anilines is 1. The van der Waals surface area contributed by atoms with Gasteiger partial charge in [0.15, 0.2) is 10.8 Å². The Bertz CT molecular complexity index is 1030. The average Bonchev–Trinajstić information content (AvgIpc) is 3.11. The number of aromatic nitrogens is 4. The average molecular weight is 413 g/mol. The molecule has 0 aliphatic heterocycles. The summed E-state index contributed by atoms with van der Waals surface area (Å²) in [7, 11) is 0. The molecular weight excluding hydrogens is 388 g/mol. The fourth-order valence-corrected chi connectivity index (χ4v) is 3.80. The van der Waals surface area contributed by atoms with Crippen molar-refractivity contribution in [3.8, 4) is 0 Å². The number of nitrogens with one attached hydrogen (secondary N) is 1. The number of carbonyl (C=O) groups is 2. The first kappa shape index (κ1) is 20.8. The third-order valence-corrected chi connectivity index (χ3v) is 5.39. The first-order valence-electron chi connectivity index (χ1n) is 9.44. The van der Waals surface area contributed by atoms with Gasteiger partial charge in [-0.25, -0.2) is 4.98 Å². The highest BCUT2D eigenvalue weighted by Crippen LogP contribution is 2.19. The van der Waals surface area contributed by atoms with Gasteiger partial charge in [-0.3, -0.25) is 14.0 Å². The van der Waals surface area contributed by atoms with Crippen LogP contribution in [0.25, 0.3) is 5.65 Å². The van der Waals surface area contributed by atoms with Gasteiger partial charge < -0.3 is 10.2 Å². The minimum absolute atomic E-state index is 0.0127. The van der Waals surface area contributed by atoms with Crippen molar-refractivity contribution in [2.75, 3.05) is 24.2 Å². The Morgan fingerprint density at radius 1 is 1.10 bits per heavy atom. The van der Waals surface area contributed by atoms with Crippen molar-refractivity contribution in [2.45, 2.75) is 32.9 Å². The summed E-state index contributed by atoms with van der Waals surface area (Å²) in [5.74, 6) is 0.795. The molecule has 2 heterocycles. The van der Waals surface area contributed by atoms with E-state index in [4.69, 9.17) is 0 Å². The van der Waals surface area contributed by atoms with Crippen LogP contribution in [0, 0.1) is 13.8 Å². The van der Waals surface area contributed by atoms with Gasteiger partial charge in [-0.05, 0) is 52.0 Å². The van der Waals surface area contributed by atoms with Crippen LogP contribution in [0.1, 0.15) is 35.7 Å². The lowest BCUT2D eigenvalue weighted by Gasteiger charge is -2.18. The molecule has 0 aliphatic carbocycles. The molecule has 0 saturated heterocycles. The highest BCUT2D eigenvalue weighted by molar-refractivity contribution is 7.99. The van der Waals surface area contributed by atoms with E-state index in [9.17, 15) is 9.59 Å². The van der Waals surface area contributed by atoms with Crippen LogP contribution < -0.4 is 5.32 Å². The lowest BCUT2D eigenvalue weighted by Crippen LogP contribution is -2.30. The molecule has 152 valence electrons. The first-order valence-corrected chi connectivity index (χ1v) is 10.4. The van der Waals surface area contributed by atoms with Crippen LogP contribution >= 0.6 is 11.8 Å². The van der Waals surface area contributed by atoms with Gasteiger partial charge in [0, 0.05) is 36.1 Å². The van der Waals surface area contributed by atoms with Gasteiger partial charge in [0.25, 0.3) is 5.91 Å². The standard InChI is InChI=1S/C20H24N6O2S/c1-5-25(6-2)19(28)15-7-9-16(10-8-15)22-18(27)12-29-20-24-23-17-11-13(3)21-14(4)26(17)20/h7-11H,5-6,12H2,1-4H3,(H,22,27). The smallest absolute Gasteiger partial charge is 0.253 e. The molecule has 0 aliphatic rings. The van der Waals surface area contributed by atoms with E-state index in [1.807, 2.05) is 38.2 Å². The molecule has 0 radical (unpaired) electrons. The van der Waals surface area contributed by atoms with E-state index in [0.29, 0.717) is 35.1 Å². The van der Waals surface area contributed by atoms with Gasteiger partial charge >= 0.3 is 0 Å². The van der Waals surface area contributed by atoms with Gasteiger partial charge in [0.05, 0.1) is 5.75 Å². The van der Waals surface area contributed by atoms with Crippen molar-refractivity contribution in [2.24, 2.45) is 0 Å². The second-order valence-electron chi connectivity index (χ2n) is 6.51. The van der Waals surface area contributed by atoms with Crippen LogP contribution in [0.3, 0.4) is 0 Å². The molecule has 2 amide bonds. The molecule has 29 heavy (non-hydrogen) atoms. The van der Waals surface area contributed by atoms with E-state index in [2.05, 4.69) is 20.5 Å². The zero-order chi connectivity index (χ0) is 21.0. The number of thioether (sulfide) groups is 1. The maximum absolute atomic E-state index is 12.3. The van der Waals surface area contributed by atoms with Crippen molar-refractivity contribution in [3.05, 3.63) is 47.4 Å². The summed E-state index contributed by atoms with van der Waals surface area (Å²) in [5.41, 5.74) is 2.84. The third-order valence-electron chi connectivity index (χ3n) is 4.46. The summed E-state index contributed by atoms with van der Waals surface area (Å²) >= 11 is 1.30. The van der Waals surface area contributed by atoms with Gasteiger partial charge in [0.1, 0.15) is 5.82 Å². The summed E-state index contributed by atoms with van der Waals surface area (Å²) in [5, 5.41) is 11.8. The SMILES string of the molecule is CCN(CC)C(=O)c1ccc(NC(=O)CSc2nnc3cc(C)nc(C)n23)cc1. The second kappa shape index (κ2) is 9.04. The molecule has 0 spiro atoms. The molecule has 0 bridgehead atoms. The van der Waals surface area contributed by atoms with Crippen molar-refractivity contribution >= 4 is 34.9 Å². The molecule has 2 aromatic heterocycles. The Balaban J connectivity index is 1.61. The van der Waals surface area contributed by atoms with E-state index in [-0.39, 0.29) is 17.6 Å².